The number of rotatable bonds is 4. The van der Waals surface area contributed by atoms with Crippen molar-refractivity contribution in [1.29, 1.82) is 0 Å². The second-order valence-corrected chi connectivity index (χ2v) is 5.74. The van der Waals surface area contributed by atoms with Crippen molar-refractivity contribution in [3.05, 3.63) is 0 Å². The van der Waals surface area contributed by atoms with Gasteiger partial charge in [0.05, 0.1) is 6.04 Å². The number of hydrogen-bond acceptors (Lipinski definition) is 3. The predicted molar refractivity (Wildman–Crippen MR) is 75.5 cm³/mol. The maximum Gasteiger partial charge on any atom is 0.239 e. The summed E-state index contributed by atoms with van der Waals surface area (Å²) in [4.78, 5) is 27.5. The molecule has 1 fully saturated rings. The molecule has 0 spiro atoms. The van der Waals surface area contributed by atoms with E-state index in [1.54, 1.807) is 13.8 Å². The summed E-state index contributed by atoms with van der Waals surface area (Å²) in [5.41, 5.74) is 5.71. The molecular weight excluding hydrogens is 242 g/mol. The molecule has 0 bridgehead atoms. The van der Waals surface area contributed by atoms with E-state index in [9.17, 15) is 9.59 Å². The van der Waals surface area contributed by atoms with Gasteiger partial charge in [0.25, 0.3) is 0 Å². The minimum Gasteiger partial charge on any atom is -0.338 e. The van der Waals surface area contributed by atoms with Gasteiger partial charge in [0.1, 0.15) is 0 Å². The van der Waals surface area contributed by atoms with Crippen LogP contribution < -0.4 is 5.73 Å². The van der Waals surface area contributed by atoms with Crippen molar-refractivity contribution in [2.24, 2.45) is 5.73 Å². The van der Waals surface area contributed by atoms with Gasteiger partial charge in [0.2, 0.25) is 11.8 Å². The van der Waals surface area contributed by atoms with Crippen LogP contribution in [0.5, 0.6) is 0 Å². The zero-order valence-electron chi connectivity index (χ0n) is 12.6. The van der Waals surface area contributed by atoms with Crippen molar-refractivity contribution in [2.75, 3.05) is 13.1 Å². The molecular formula is C14H27N3O2. The molecule has 2 amide bonds. The molecule has 2 N–H and O–H groups in total. The zero-order chi connectivity index (χ0) is 14.6. The monoisotopic (exact) mass is 269 g/mol. The summed E-state index contributed by atoms with van der Waals surface area (Å²) in [6, 6.07) is -0.198. The van der Waals surface area contributed by atoms with Crippen LogP contribution in [0.25, 0.3) is 0 Å². The number of nitrogens with zero attached hydrogens (tertiary/aromatic N) is 2. The molecule has 0 radical (unpaired) electrons. The first-order valence-corrected chi connectivity index (χ1v) is 7.17. The van der Waals surface area contributed by atoms with Gasteiger partial charge in [-0.3, -0.25) is 9.59 Å². The van der Waals surface area contributed by atoms with Gasteiger partial charge in [-0.25, -0.2) is 0 Å². The van der Waals surface area contributed by atoms with E-state index >= 15 is 0 Å². The minimum atomic E-state index is -0.467. The number of carbonyl (C=O) groups excluding carboxylic acids is 2. The van der Waals surface area contributed by atoms with Crippen molar-refractivity contribution in [2.45, 2.75) is 65.1 Å². The van der Waals surface area contributed by atoms with Crippen LogP contribution in [0.1, 0.15) is 47.0 Å². The Morgan fingerprint density at radius 2 is 1.95 bits per heavy atom. The third kappa shape index (κ3) is 4.20. The summed E-state index contributed by atoms with van der Waals surface area (Å²) in [6.07, 6.45) is 3.09. The number of hydrogen-bond donors (Lipinski definition) is 1. The van der Waals surface area contributed by atoms with Crippen LogP contribution in [0, 0.1) is 0 Å². The second-order valence-electron chi connectivity index (χ2n) is 5.74. The Hall–Kier alpha value is -1.10. The van der Waals surface area contributed by atoms with Crippen molar-refractivity contribution >= 4 is 11.8 Å². The van der Waals surface area contributed by atoms with Gasteiger partial charge in [-0.05, 0) is 40.0 Å². The smallest absolute Gasteiger partial charge is 0.239 e. The average Bonchev–Trinajstić information content (AvgIpc) is 2.34. The first-order valence-electron chi connectivity index (χ1n) is 7.17. The predicted octanol–water partition coefficient (Wildman–Crippen LogP) is 0.972. The van der Waals surface area contributed by atoms with Crippen LogP contribution in [0.2, 0.25) is 0 Å². The molecule has 0 aromatic rings. The van der Waals surface area contributed by atoms with Crippen LogP contribution in [-0.4, -0.2) is 52.8 Å². The molecule has 1 unspecified atom stereocenters. The van der Waals surface area contributed by atoms with Gasteiger partial charge in [0.15, 0.2) is 0 Å². The van der Waals surface area contributed by atoms with Crippen LogP contribution in [0.15, 0.2) is 0 Å². The lowest BCUT2D eigenvalue weighted by molar-refractivity contribution is -0.139. The summed E-state index contributed by atoms with van der Waals surface area (Å²) in [5.74, 6) is 0.0609. The number of likely N-dealkylation sites (tertiary alicyclic amines) is 1. The lowest BCUT2D eigenvalue weighted by Gasteiger charge is -2.40. The van der Waals surface area contributed by atoms with Gasteiger partial charge in [-0.1, -0.05) is 0 Å². The topological polar surface area (TPSA) is 66.6 Å². The molecule has 0 saturated carbocycles. The minimum absolute atomic E-state index is 0.00282. The van der Waals surface area contributed by atoms with Gasteiger partial charge in [-0.15, -0.1) is 0 Å². The Balaban J connectivity index is 2.77. The Labute approximate surface area is 116 Å². The molecule has 0 aromatic heterocycles. The van der Waals surface area contributed by atoms with E-state index < -0.39 is 6.04 Å². The highest BCUT2D eigenvalue weighted by Gasteiger charge is 2.30. The summed E-state index contributed by atoms with van der Waals surface area (Å²) in [7, 11) is 0. The van der Waals surface area contributed by atoms with E-state index in [1.807, 2.05) is 23.6 Å². The summed E-state index contributed by atoms with van der Waals surface area (Å²) >= 11 is 0. The van der Waals surface area contributed by atoms with Gasteiger partial charge in [0, 0.05) is 32.1 Å². The number of nitrogens with two attached hydrogens (primary N) is 1. The SMILES string of the molecule is CC(=O)N(CC1CCCCN1C(=O)[C@H](C)N)C(C)C. The Bertz CT molecular complexity index is 329. The number of amides is 2. The third-order valence-electron chi connectivity index (χ3n) is 3.74. The lowest BCUT2D eigenvalue weighted by atomic mass is 10.00. The number of piperidine rings is 1. The molecule has 5 nitrogen and oxygen atoms in total. The average molecular weight is 269 g/mol. The van der Waals surface area contributed by atoms with Crippen LogP contribution in [-0.2, 0) is 9.59 Å². The Kier molecular flexibility index (Phi) is 5.79. The summed E-state index contributed by atoms with van der Waals surface area (Å²) in [5, 5.41) is 0. The highest BCUT2D eigenvalue weighted by molar-refractivity contribution is 5.81. The summed E-state index contributed by atoms with van der Waals surface area (Å²) < 4.78 is 0. The molecule has 5 heteroatoms. The highest BCUT2D eigenvalue weighted by Crippen LogP contribution is 2.19. The quantitative estimate of drug-likeness (QED) is 0.827. The first-order chi connectivity index (χ1) is 8.84. The third-order valence-corrected chi connectivity index (χ3v) is 3.74. The molecule has 0 aliphatic carbocycles. The van der Waals surface area contributed by atoms with E-state index in [0.717, 1.165) is 25.8 Å². The van der Waals surface area contributed by atoms with Crippen LogP contribution in [0.4, 0.5) is 0 Å². The largest absolute Gasteiger partial charge is 0.338 e. The molecule has 19 heavy (non-hydrogen) atoms. The first kappa shape index (κ1) is 16.0. The van der Waals surface area contributed by atoms with Crippen LogP contribution in [0.3, 0.4) is 0 Å². The fourth-order valence-corrected chi connectivity index (χ4v) is 2.67. The fourth-order valence-electron chi connectivity index (χ4n) is 2.67. The molecule has 0 aromatic carbocycles. The van der Waals surface area contributed by atoms with Crippen molar-refractivity contribution < 1.29 is 9.59 Å². The molecule has 2 atom stereocenters. The van der Waals surface area contributed by atoms with Crippen molar-refractivity contribution in [1.82, 2.24) is 9.80 Å². The highest BCUT2D eigenvalue weighted by atomic mass is 16.2. The number of carbonyl (C=O) groups is 2. The Morgan fingerprint density at radius 3 is 2.42 bits per heavy atom. The second kappa shape index (κ2) is 6.89. The van der Waals surface area contributed by atoms with Crippen LogP contribution >= 0.6 is 0 Å². The summed E-state index contributed by atoms with van der Waals surface area (Å²) in [6.45, 7) is 8.68. The normalized spacial score (nSPS) is 21.4. The van der Waals surface area contributed by atoms with E-state index in [4.69, 9.17) is 5.73 Å². The van der Waals surface area contributed by atoms with Crippen molar-refractivity contribution in [3.63, 3.8) is 0 Å². The van der Waals surface area contributed by atoms with Crippen molar-refractivity contribution in [3.8, 4) is 0 Å². The van der Waals surface area contributed by atoms with E-state index in [0.29, 0.717) is 6.54 Å². The lowest BCUT2D eigenvalue weighted by Crippen LogP contribution is -2.54. The maximum atomic E-state index is 12.1. The van der Waals surface area contributed by atoms with E-state index in [1.165, 1.54) is 0 Å². The van der Waals surface area contributed by atoms with E-state index in [-0.39, 0.29) is 23.9 Å². The van der Waals surface area contributed by atoms with Gasteiger partial charge < -0.3 is 15.5 Å². The zero-order valence-corrected chi connectivity index (χ0v) is 12.6. The molecule has 1 saturated heterocycles. The molecule has 1 aliphatic rings. The Morgan fingerprint density at radius 1 is 1.32 bits per heavy atom. The molecule has 1 aliphatic heterocycles. The molecule has 110 valence electrons. The standard InChI is InChI=1S/C14H27N3O2/c1-10(2)17(12(4)18)9-13-7-5-6-8-16(13)14(19)11(3)15/h10-11,13H,5-9,15H2,1-4H3/t11-,13?/m0/s1. The molecule has 1 rings (SSSR count). The van der Waals surface area contributed by atoms with Gasteiger partial charge >= 0.3 is 0 Å². The maximum absolute atomic E-state index is 12.1. The molecule has 1 heterocycles. The fraction of sp³-hybridized carbons (Fsp3) is 0.857. The van der Waals surface area contributed by atoms with Gasteiger partial charge in [-0.2, -0.15) is 0 Å². The van der Waals surface area contributed by atoms with E-state index in [2.05, 4.69) is 0 Å².